The fourth-order valence-electron chi connectivity index (χ4n) is 2.47. The molecule has 14 heavy (non-hydrogen) atoms. The van der Waals surface area contributed by atoms with E-state index in [1.165, 1.54) is 25.9 Å². The zero-order valence-corrected chi connectivity index (χ0v) is 8.09. The van der Waals surface area contributed by atoms with Crippen LogP contribution in [0, 0.1) is 0 Å². The summed E-state index contributed by atoms with van der Waals surface area (Å²) in [5, 5.41) is 7.52. The highest BCUT2D eigenvalue weighted by Crippen LogP contribution is 2.24. The molecule has 3 fully saturated rings. The van der Waals surface area contributed by atoms with Crippen molar-refractivity contribution < 1.29 is 4.52 Å². The van der Waals surface area contributed by atoms with E-state index < -0.39 is 0 Å². The molecule has 0 saturated carbocycles. The van der Waals surface area contributed by atoms with Gasteiger partial charge >= 0.3 is 0 Å². The number of piperidine rings is 1. The van der Waals surface area contributed by atoms with Gasteiger partial charge in [0.05, 0.1) is 0 Å². The number of aromatic nitrogens is 2. The number of rotatable bonds is 1. The molecule has 3 aliphatic heterocycles. The third kappa shape index (κ3) is 1.28. The highest BCUT2D eigenvalue weighted by atomic mass is 16.5. The number of hydrogen-bond acceptors (Lipinski definition) is 5. The Morgan fingerprint density at radius 1 is 1.21 bits per heavy atom. The lowest BCUT2D eigenvalue weighted by molar-refractivity contribution is 0.250. The molecule has 3 aliphatic rings. The van der Waals surface area contributed by atoms with Crippen molar-refractivity contribution in [3.63, 3.8) is 0 Å². The van der Waals surface area contributed by atoms with E-state index in [4.69, 9.17) is 4.52 Å². The summed E-state index contributed by atoms with van der Waals surface area (Å²) >= 11 is 0. The van der Waals surface area contributed by atoms with E-state index >= 15 is 0 Å². The predicted molar refractivity (Wildman–Crippen MR) is 51.1 cm³/mol. The van der Waals surface area contributed by atoms with Crippen LogP contribution in [0.1, 0.15) is 12.8 Å². The van der Waals surface area contributed by atoms with E-state index in [9.17, 15) is 0 Å². The molecule has 0 N–H and O–H groups in total. The SMILES string of the molecule is c1onnc1N1CCN2CCC1CC2. The van der Waals surface area contributed by atoms with Gasteiger partial charge in [-0.3, -0.25) is 0 Å². The molecule has 3 saturated heterocycles. The summed E-state index contributed by atoms with van der Waals surface area (Å²) in [5.41, 5.74) is 0. The topological polar surface area (TPSA) is 45.4 Å². The Morgan fingerprint density at radius 2 is 2.07 bits per heavy atom. The van der Waals surface area contributed by atoms with Crippen LogP contribution in [-0.4, -0.2) is 47.5 Å². The van der Waals surface area contributed by atoms with Crippen LogP contribution in [-0.2, 0) is 0 Å². The van der Waals surface area contributed by atoms with Crippen LogP contribution >= 0.6 is 0 Å². The Morgan fingerprint density at radius 3 is 2.79 bits per heavy atom. The van der Waals surface area contributed by atoms with Gasteiger partial charge in [0.15, 0.2) is 12.1 Å². The molecule has 0 radical (unpaired) electrons. The first-order valence-electron chi connectivity index (χ1n) is 5.19. The van der Waals surface area contributed by atoms with E-state index in [0.29, 0.717) is 6.04 Å². The average molecular weight is 194 g/mol. The second kappa shape index (κ2) is 3.24. The molecule has 4 rings (SSSR count). The van der Waals surface area contributed by atoms with Gasteiger partial charge in [-0.15, -0.1) is 0 Å². The molecule has 0 aromatic carbocycles. The molecular weight excluding hydrogens is 180 g/mol. The molecule has 1 aromatic heterocycles. The molecule has 0 atom stereocenters. The molecule has 76 valence electrons. The summed E-state index contributed by atoms with van der Waals surface area (Å²) in [6.07, 6.45) is 4.13. The maximum absolute atomic E-state index is 4.80. The Balaban J connectivity index is 1.85. The number of hydrogen-bond donors (Lipinski definition) is 0. The van der Waals surface area contributed by atoms with E-state index in [-0.39, 0.29) is 0 Å². The van der Waals surface area contributed by atoms with Crippen LogP contribution in [0.4, 0.5) is 5.82 Å². The lowest BCUT2D eigenvalue weighted by Gasteiger charge is -2.30. The third-order valence-corrected chi connectivity index (χ3v) is 3.30. The molecule has 0 amide bonds. The second-order valence-electron chi connectivity index (χ2n) is 4.03. The molecule has 0 spiro atoms. The number of fused-ring (bicyclic) bond motifs is 4. The monoisotopic (exact) mass is 194 g/mol. The van der Waals surface area contributed by atoms with Gasteiger partial charge in [0, 0.05) is 37.5 Å². The van der Waals surface area contributed by atoms with Gasteiger partial charge < -0.3 is 14.3 Å². The van der Waals surface area contributed by atoms with Gasteiger partial charge in [-0.05, 0) is 12.8 Å². The maximum atomic E-state index is 4.80. The van der Waals surface area contributed by atoms with E-state index in [1.54, 1.807) is 6.26 Å². The number of nitrogens with zero attached hydrogens (tertiary/aromatic N) is 4. The minimum Gasteiger partial charge on any atom is -0.348 e. The van der Waals surface area contributed by atoms with E-state index in [2.05, 4.69) is 20.2 Å². The molecule has 5 nitrogen and oxygen atoms in total. The molecule has 0 aliphatic carbocycles. The minimum absolute atomic E-state index is 0.639. The Labute approximate surface area is 82.6 Å². The summed E-state index contributed by atoms with van der Waals surface area (Å²) < 4.78 is 4.80. The highest BCUT2D eigenvalue weighted by Gasteiger charge is 2.30. The van der Waals surface area contributed by atoms with Gasteiger partial charge in [0.2, 0.25) is 0 Å². The first-order valence-corrected chi connectivity index (χ1v) is 5.19. The lowest BCUT2D eigenvalue weighted by Crippen LogP contribution is -2.38. The highest BCUT2D eigenvalue weighted by molar-refractivity contribution is 5.36. The van der Waals surface area contributed by atoms with Gasteiger partial charge in [-0.1, -0.05) is 5.10 Å². The van der Waals surface area contributed by atoms with E-state index in [0.717, 1.165) is 18.9 Å². The largest absolute Gasteiger partial charge is 0.348 e. The van der Waals surface area contributed by atoms with Crippen molar-refractivity contribution in [3.05, 3.63) is 6.26 Å². The quantitative estimate of drug-likeness (QED) is 0.645. The van der Waals surface area contributed by atoms with Gasteiger partial charge in [-0.25, -0.2) is 0 Å². The molecular formula is C9H14N4O. The zero-order chi connectivity index (χ0) is 9.38. The second-order valence-corrected chi connectivity index (χ2v) is 4.03. The van der Waals surface area contributed by atoms with Gasteiger partial charge in [0.25, 0.3) is 0 Å². The van der Waals surface area contributed by atoms with Gasteiger partial charge in [-0.2, -0.15) is 0 Å². The van der Waals surface area contributed by atoms with Crippen LogP contribution in [0.5, 0.6) is 0 Å². The molecule has 4 heterocycles. The minimum atomic E-state index is 0.639. The normalized spacial score (nSPS) is 31.9. The van der Waals surface area contributed by atoms with Gasteiger partial charge in [0.1, 0.15) is 0 Å². The first kappa shape index (κ1) is 8.23. The van der Waals surface area contributed by atoms with Crippen molar-refractivity contribution in [2.45, 2.75) is 18.9 Å². The Hall–Kier alpha value is -1.10. The lowest BCUT2D eigenvalue weighted by atomic mass is 10.1. The maximum Gasteiger partial charge on any atom is 0.193 e. The third-order valence-electron chi connectivity index (χ3n) is 3.30. The van der Waals surface area contributed by atoms with Crippen LogP contribution in [0.3, 0.4) is 0 Å². The van der Waals surface area contributed by atoms with Crippen molar-refractivity contribution in [1.29, 1.82) is 0 Å². The summed E-state index contributed by atoms with van der Waals surface area (Å²) in [7, 11) is 0. The molecule has 1 aromatic rings. The van der Waals surface area contributed by atoms with Crippen LogP contribution in [0.2, 0.25) is 0 Å². The van der Waals surface area contributed by atoms with Crippen molar-refractivity contribution >= 4 is 5.82 Å². The van der Waals surface area contributed by atoms with Crippen LogP contribution < -0.4 is 4.90 Å². The molecule has 0 unspecified atom stereocenters. The summed E-state index contributed by atoms with van der Waals surface area (Å²) in [6, 6.07) is 0.639. The summed E-state index contributed by atoms with van der Waals surface area (Å²) in [6.45, 7) is 4.65. The fraction of sp³-hybridized carbons (Fsp3) is 0.778. The van der Waals surface area contributed by atoms with Crippen molar-refractivity contribution in [2.24, 2.45) is 0 Å². The average Bonchev–Trinajstić information content (AvgIpc) is 2.60. The first-order chi connectivity index (χ1) is 6.93. The van der Waals surface area contributed by atoms with Crippen molar-refractivity contribution in [3.8, 4) is 0 Å². The Bertz CT molecular complexity index is 292. The smallest absolute Gasteiger partial charge is 0.193 e. The fourth-order valence-corrected chi connectivity index (χ4v) is 2.47. The predicted octanol–water partition coefficient (Wildman–Crippen LogP) is 0.354. The van der Waals surface area contributed by atoms with Crippen molar-refractivity contribution in [2.75, 3.05) is 31.1 Å². The zero-order valence-electron chi connectivity index (χ0n) is 8.09. The van der Waals surface area contributed by atoms with E-state index in [1.807, 2.05) is 0 Å². The standard InChI is InChI=1S/C9H14N4O/c1-3-12-4-2-8(1)13(6-5-12)9-7-14-11-10-9/h7-8H,1-6H2. The van der Waals surface area contributed by atoms with Crippen molar-refractivity contribution in [1.82, 2.24) is 15.3 Å². The number of anilines is 1. The Kier molecular flexibility index (Phi) is 1.90. The summed E-state index contributed by atoms with van der Waals surface area (Å²) in [4.78, 5) is 4.85. The molecule has 5 heteroatoms. The van der Waals surface area contributed by atoms with Crippen LogP contribution in [0.15, 0.2) is 10.8 Å². The van der Waals surface area contributed by atoms with Crippen LogP contribution in [0.25, 0.3) is 0 Å². The molecule has 2 bridgehead atoms. The summed E-state index contributed by atoms with van der Waals surface area (Å²) in [5.74, 6) is 0.902.